The molecule has 186 valence electrons. The lowest BCUT2D eigenvalue weighted by atomic mass is 9.90. The Morgan fingerprint density at radius 3 is 2.66 bits per heavy atom. The minimum atomic E-state index is -0.435. The Morgan fingerprint density at radius 2 is 1.94 bits per heavy atom. The molecule has 7 heteroatoms. The number of rotatable bonds is 11. The van der Waals surface area contributed by atoms with E-state index in [1.165, 1.54) is 7.11 Å². The van der Waals surface area contributed by atoms with Crippen LogP contribution < -0.4 is 10.6 Å². The van der Waals surface area contributed by atoms with E-state index in [1.54, 1.807) is 24.3 Å². The molecule has 7 nitrogen and oxygen atoms in total. The van der Waals surface area contributed by atoms with Crippen LogP contribution in [0, 0.1) is 17.2 Å². The monoisotopic (exact) mass is 477 g/mol. The highest BCUT2D eigenvalue weighted by atomic mass is 16.5. The van der Waals surface area contributed by atoms with Crippen LogP contribution in [0.25, 0.3) is 11.1 Å². The highest BCUT2D eigenvalue weighted by Gasteiger charge is 2.30. The number of ether oxygens (including phenoxy) is 2. The maximum atomic E-state index is 13.0. The molecular formula is C28H35N3O4. The van der Waals surface area contributed by atoms with E-state index in [9.17, 15) is 14.9 Å². The molecule has 35 heavy (non-hydrogen) atoms. The van der Waals surface area contributed by atoms with Crippen molar-refractivity contribution in [2.75, 3.05) is 26.8 Å². The summed E-state index contributed by atoms with van der Waals surface area (Å²) in [6, 6.07) is 14.5. The van der Waals surface area contributed by atoms with Crippen LogP contribution in [-0.4, -0.2) is 44.8 Å². The molecule has 1 fully saturated rings. The van der Waals surface area contributed by atoms with E-state index < -0.39 is 12.0 Å². The lowest BCUT2D eigenvalue weighted by molar-refractivity contribution is -0.148. The van der Waals surface area contributed by atoms with E-state index in [0.29, 0.717) is 24.3 Å². The predicted octanol–water partition coefficient (Wildman–Crippen LogP) is 4.20. The average molecular weight is 478 g/mol. The van der Waals surface area contributed by atoms with Crippen molar-refractivity contribution in [2.24, 2.45) is 5.92 Å². The number of carbonyl (C=O) groups excluding carboxylic acids is 2. The SMILES string of the molecule is CCCCCOC(=O)C(NCc1cc(C(=O)OC)cc(-c2cccc(C#N)c2)c1)C1CCNCC1. The molecule has 1 atom stereocenters. The van der Waals surface area contributed by atoms with Crippen LogP contribution in [0.4, 0.5) is 0 Å². The molecule has 1 saturated heterocycles. The van der Waals surface area contributed by atoms with Crippen molar-refractivity contribution in [2.45, 2.75) is 51.6 Å². The zero-order chi connectivity index (χ0) is 25.0. The van der Waals surface area contributed by atoms with Crippen LogP contribution >= 0.6 is 0 Å². The normalized spacial score (nSPS) is 14.7. The minimum Gasteiger partial charge on any atom is -0.465 e. The van der Waals surface area contributed by atoms with Gasteiger partial charge in [-0.15, -0.1) is 0 Å². The fraction of sp³-hybridized carbons (Fsp3) is 0.464. The Kier molecular flexibility index (Phi) is 10.3. The third-order valence-electron chi connectivity index (χ3n) is 6.37. The summed E-state index contributed by atoms with van der Waals surface area (Å²) in [5, 5.41) is 16.0. The zero-order valence-corrected chi connectivity index (χ0v) is 20.6. The van der Waals surface area contributed by atoms with Gasteiger partial charge in [-0.3, -0.25) is 4.79 Å². The first kappa shape index (κ1) is 26.4. The topological polar surface area (TPSA) is 100 Å². The maximum absolute atomic E-state index is 13.0. The van der Waals surface area contributed by atoms with Gasteiger partial charge in [-0.05, 0) is 85.3 Å². The summed E-state index contributed by atoms with van der Waals surface area (Å²) in [6.45, 7) is 4.71. The number of esters is 2. The maximum Gasteiger partial charge on any atom is 0.337 e. The van der Waals surface area contributed by atoms with E-state index in [1.807, 2.05) is 18.2 Å². The Balaban J connectivity index is 1.82. The molecule has 0 spiro atoms. The van der Waals surface area contributed by atoms with E-state index in [-0.39, 0.29) is 11.9 Å². The molecule has 2 aromatic rings. The summed E-state index contributed by atoms with van der Waals surface area (Å²) in [4.78, 5) is 25.4. The van der Waals surface area contributed by atoms with Crippen LogP contribution in [0.15, 0.2) is 42.5 Å². The molecule has 1 aliphatic heterocycles. The summed E-state index contributed by atoms with van der Waals surface area (Å²) in [7, 11) is 1.35. The molecule has 0 saturated carbocycles. The summed E-state index contributed by atoms with van der Waals surface area (Å²) >= 11 is 0. The van der Waals surface area contributed by atoms with E-state index in [4.69, 9.17) is 9.47 Å². The summed E-state index contributed by atoms with van der Waals surface area (Å²) < 4.78 is 10.6. The first-order chi connectivity index (χ1) is 17.0. The second-order valence-corrected chi connectivity index (χ2v) is 8.92. The predicted molar refractivity (Wildman–Crippen MR) is 135 cm³/mol. The fourth-order valence-electron chi connectivity index (χ4n) is 4.43. The largest absolute Gasteiger partial charge is 0.465 e. The van der Waals surface area contributed by atoms with Gasteiger partial charge < -0.3 is 20.1 Å². The molecule has 0 aromatic heterocycles. The van der Waals surface area contributed by atoms with Gasteiger partial charge in [-0.1, -0.05) is 31.9 Å². The molecule has 2 N–H and O–H groups in total. The Morgan fingerprint density at radius 1 is 1.14 bits per heavy atom. The number of benzene rings is 2. The first-order valence-electron chi connectivity index (χ1n) is 12.4. The van der Waals surface area contributed by atoms with Crippen molar-refractivity contribution in [1.29, 1.82) is 5.26 Å². The van der Waals surface area contributed by atoms with Crippen molar-refractivity contribution in [1.82, 2.24) is 10.6 Å². The second kappa shape index (κ2) is 13.6. The molecule has 0 amide bonds. The van der Waals surface area contributed by atoms with Crippen molar-refractivity contribution in [3.8, 4) is 17.2 Å². The number of hydrogen-bond acceptors (Lipinski definition) is 7. The number of nitrogens with zero attached hydrogens (tertiary/aromatic N) is 1. The lowest BCUT2D eigenvalue weighted by Gasteiger charge is -2.30. The van der Waals surface area contributed by atoms with Crippen LogP contribution in [-0.2, 0) is 20.8 Å². The van der Waals surface area contributed by atoms with Crippen molar-refractivity contribution in [3.63, 3.8) is 0 Å². The summed E-state index contributed by atoms with van der Waals surface area (Å²) in [5.41, 5.74) is 3.46. The fourth-order valence-corrected chi connectivity index (χ4v) is 4.43. The van der Waals surface area contributed by atoms with Gasteiger partial charge >= 0.3 is 11.9 Å². The van der Waals surface area contributed by atoms with Crippen molar-refractivity contribution < 1.29 is 19.1 Å². The Labute approximate surface area is 207 Å². The molecule has 1 heterocycles. The standard InChI is InChI=1S/C28H35N3O4/c1-3-4-5-13-35-28(33)26(22-9-11-30-12-10-22)31-19-21-15-24(17-25(16-21)27(32)34-2)23-8-6-7-20(14-23)18-29/h6-8,14-17,22,26,30-31H,3-5,9-13,19H2,1-2H3. The Bertz CT molecular complexity index is 1040. The van der Waals surface area contributed by atoms with E-state index in [0.717, 1.165) is 61.9 Å². The summed E-state index contributed by atoms with van der Waals surface area (Å²) in [6.07, 6.45) is 4.78. The molecule has 0 bridgehead atoms. The quantitative estimate of drug-likeness (QED) is 0.369. The van der Waals surface area contributed by atoms with Gasteiger partial charge in [-0.2, -0.15) is 5.26 Å². The number of unbranched alkanes of at least 4 members (excludes halogenated alkanes) is 2. The number of hydrogen-bond donors (Lipinski definition) is 2. The number of nitrogens with one attached hydrogen (secondary N) is 2. The molecule has 1 unspecified atom stereocenters. The van der Waals surface area contributed by atoms with Gasteiger partial charge in [0.1, 0.15) is 6.04 Å². The van der Waals surface area contributed by atoms with Crippen molar-refractivity contribution >= 4 is 11.9 Å². The molecule has 1 aliphatic rings. The van der Waals surface area contributed by atoms with Gasteiger partial charge in [0.25, 0.3) is 0 Å². The minimum absolute atomic E-state index is 0.186. The zero-order valence-electron chi connectivity index (χ0n) is 20.6. The van der Waals surface area contributed by atoms with Gasteiger partial charge in [0.05, 0.1) is 30.9 Å². The van der Waals surface area contributed by atoms with Crippen LogP contribution in [0.5, 0.6) is 0 Å². The van der Waals surface area contributed by atoms with Crippen LogP contribution in [0.2, 0.25) is 0 Å². The van der Waals surface area contributed by atoms with Gasteiger partial charge in [0.15, 0.2) is 0 Å². The number of nitriles is 1. The number of piperidine rings is 1. The smallest absolute Gasteiger partial charge is 0.337 e. The van der Waals surface area contributed by atoms with Gasteiger partial charge in [0, 0.05) is 6.54 Å². The highest BCUT2D eigenvalue weighted by Crippen LogP contribution is 2.25. The van der Waals surface area contributed by atoms with Crippen molar-refractivity contribution in [3.05, 3.63) is 59.2 Å². The van der Waals surface area contributed by atoms with E-state index >= 15 is 0 Å². The molecule has 2 aromatic carbocycles. The molecule has 0 aliphatic carbocycles. The molecule has 0 radical (unpaired) electrons. The van der Waals surface area contributed by atoms with Crippen LogP contribution in [0.1, 0.15) is 60.5 Å². The third kappa shape index (κ3) is 7.64. The number of methoxy groups -OCH3 is 1. The summed E-state index contributed by atoms with van der Waals surface area (Å²) in [5.74, 6) is -0.459. The molecule has 3 rings (SSSR count). The van der Waals surface area contributed by atoms with E-state index in [2.05, 4.69) is 23.6 Å². The van der Waals surface area contributed by atoms with Crippen LogP contribution in [0.3, 0.4) is 0 Å². The van der Waals surface area contributed by atoms with Gasteiger partial charge in [0.2, 0.25) is 0 Å². The van der Waals surface area contributed by atoms with Gasteiger partial charge in [-0.25, -0.2) is 4.79 Å². The number of carbonyl (C=O) groups is 2. The third-order valence-corrected chi connectivity index (χ3v) is 6.37. The average Bonchev–Trinajstić information content (AvgIpc) is 2.91. The Hall–Kier alpha value is -3.21. The first-order valence-corrected chi connectivity index (χ1v) is 12.4. The second-order valence-electron chi connectivity index (χ2n) is 8.92. The highest BCUT2D eigenvalue weighted by molar-refractivity contribution is 5.91. The molecular weight excluding hydrogens is 442 g/mol. The lowest BCUT2D eigenvalue weighted by Crippen LogP contribution is -2.47.